The van der Waals surface area contributed by atoms with E-state index in [1.165, 1.54) is 22.9 Å². The lowest BCUT2D eigenvalue weighted by Gasteiger charge is -2.13. The molecule has 0 saturated carbocycles. The first-order valence-electron chi connectivity index (χ1n) is 8.84. The topological polar surface area (TPSA) is 111 Å². The second-order valence-electron chi connectivity index (χ2n) is 6.65. The minimum Gasteiger partial charge on any atom is -0.508 e. The molecule has 0 unspecified atom stereocenters. The zero-order valence-electron chi connectivity index (χ0n) is 16.1. The van der Waals surface area contributed by atoms with Crippen LogP contribution in [0.5, 0.6) is 11.5 Å². The number of aromatic hydroxyl groups is 1. The average Bonchev–Trinajstić information content (AvgIpc) is 2.73. The van der Waals surface area contributed by atoms with Crippen molar-refractivity contribution in [2.75, 3.05) is 13.4 Å². The van der Waals surface area contributed by atoms with Crippen molar-refractivity contribution in [3.05, 3.63) is 71.1 Å². The molecule has 2 aromatic carbocycles. The number of nitrogens with zero attached hydrogens (tertiary/aromatic N) is 3. The summed E-state index contributed by atoms with van der Waals surface area (Å²) in [5, 5.41) is 9.73. The summed E-state index contributed by atoms with van der Waals surface area (Å²) < 4.78 is 30.4. The molecule has 0 amide bonds. The van der Waals surface area contributed by atoms with E-state index in [4.69, 9.17) is 4.74 Å². The smallest absolute Gasteiger partial charge is 0.264 e. The first kappa shape index (κ1) is 19.6. The monoisotopic (exact) mass is 423 g/mol. The number of methoxy groups -OCH3 is 1. The fourth-order valence-electron chi connectivity index (χ4n) is 3.08. The summed E-state index contributed by atoms with van der Waals surface area (Å²) in [5.41, 5.74) is 1.22. The molecule has 152 valence electrons. The van der Waals surface area contributed by atoms with Gasteiger partial charge < -0.3 is 9.84 Å². The number of hydrogen-bond donors (Lipinski definition) is 1. The summed E-state index contributed by atoms with van der Waals surface area (Å²) in [5.74, 6) is 0.688. The second kappa shape index (κ2) is 7.27. The van der Waals surface area contributed by atoms with Crippen molar-refractivity contribution in [2.45, 2.75) is 5.16 Å². The van der Waals surface area contributed by atoms with Gasteiger partial charge in [-0.2, -0.15) is 4.98 Å². The minimum atomic E-state index is -3.67. The summed E-state index contributed by atoms with van der Waals surface area (Å²) in [7, 11) is -2.12. The van der Waals surface area contributed by atoms with Gasteiger partial charge in [0.2, 0.25) is 15.0 Å². The molecule has 0 atom stereocenters. The third-order valence-electron chi connectivity index (χ3n) is 4.56. The molecule has 0 bridgehead atoms. The number of fused-ring (bicyclic) bond motifs is 1. The summed E-state index contributed by atoms with van der Waals surface area (Å²) in [4.78, 5) is 21.5. The maximum Gasteiger partial charge on any atom is 0.264 e. The largest absolute Gasteiger partial charge is 0.508 e. The van der Waals surface area contributed by atoms with Crippen molar-refractivity contribution in [1.82, 2.24) is 14.5 Å². The number of phenols is 1. The number of hydrogen-bond acceptors (Lipinski definition) is 7. The van der Waals surface area contributed by atoms with Gasteiger partial charge in [-0.3, -0.25) is 9.36 Å². The van der Waals surface area contributed by atoms with Crippen molar-refractivity contribution >= 4 is 20.9 Å². The summed E-state index contributed by atoms with van der Waals surface area (Å²) in [6, 6.07) is 14.6. The van der Waals surface area contributed by atoms with Crippen LogP contribution in [0.15, 0.2) is 70.7 Å². The van der Waals surface area contributed by atoms with Crippen LogP contribution in [0, 0.1) is 0 Å². The third-order valence-corrected chi connectivity index (χ3v) is 5.42. The van der Waals surface area contributed by atoms with Gasteiger partial charge in [-0.15, -0.1) is 0 Å². The summed E-state index contributed by atoms with van der Waals surface area (Å²) >= 11 is 0. The van der Waals surface area contributed by atoms with Gasteiger partial charge in [-0.1, -0.05) is 12.1 Å². The highest BCUT2D eigenvalue weighted by molar-refractivity contribution is 7.90. The first-order valence-corrected chi connectivity index (χ1v) is 10.7. The molecule has 1 N–H and O–H groups in total. The Morgan fingerprint density at radius 2 is 1.70 bits per heavy atom. The van der Waals surface area contributed by atoms with Gasteiger partial charge in [-0.05, 0) is 48.0 Å². The van der Waals surface area contributed by atoms with Crippen LogP contribution in [0.25, 0.3) is 27.8 Å². The maximum atomic E-state index is 13.4. The van der Waals surface area contributed by atoms with E-state index in [-0.39, 0.29) is 16.6 Å². The Labute approximate surface area is 172 Å². The first-order chi connectivity index (χ1) is 14.3. The van der Waals surface area contributed by atoms with Gasteiger partial charge in [-0.25, -0.2) is 13.4 Å². The Hall–Kier alpha value is -3.72. The average molecular weight is 423 g/mol. The molecule has 4 rings (SSSR count). The summed E-state index contributed by atoms with van der Waals surface area (Å²) in [6.07, 6.45) is 2.38. The maximum absolute atomic E-state index is 13.4. The van der Waals surface area contributed by atoms with Gasteiger partial charge in [0, 0.05) is 23.4 Å². The van der Waals surface area contributed by atoms with Gasteiger partial charge >= 0.3 is 0 Å². The van der Waals surface area contributed by atoms with Crippen LogP contribution in [-0.4, -0.2) is 41.4 Å². The number of rotatable bonds is 4. The van der Waals surface area contributed by atoms with Gasteiger partial charge in [0.05, 0.1) is 12.8 Å². The van der Waals surface area contributed by atoms with E-state index in [9.17, 15) is 18.3 Å². The molecule has 0 fully saturated rings. The molecule has 0 aliphatic heterocycles. The van der Waals surface area contributed by atoms with E-state index in [0.717, 1.165) is 6.26 Å². The predicted octanol–water partition coefficient (Wildman–Crippen LogP) is 2.57. The van der Waals surface area contributed by atoms with Gasteiger partial charge in [0.15, 0.2) is 5.65 Å². The predicted molar refractivity (Wildman–Crippen MR) is 112 cm³/mol. The lowest BCUT2D eigenvalue weighted by molar-refractivity contribution is 0.415. The molecular weight excluding hydrogens is 406 g/mol. The van der Waals surface area contributed by atoms with Crippen LogP contribution in [0.4, 0.5) is 0 Å². The number of sulfone groups is 1. The highest BCUT2D eigenvalue weighted by atomic mass is 32.2. The van der Waals surface area contributed by atoms with Gasteiger partial charge in [0.25, 0.3) is 5.56 Å². The van der Waals surface area contributed by atoms with E-state index in [2.05, 4.69) is 9.97 Å². The molecule has 0 spiro atoms. The van der Waals surface area contributed by atoms with E-state index >= 15 is 0 Å². The lowest BCUT2D eigenvalue weighted by Crippen LogP contribution is -2.22. The quantitative estimate of drug-likeness (QED) is 0.502. The van der Waals surface area contributed by atoms with Crippen LogP contribution in [0.1, 0.15) is 0 Å². The number of benzene rings is 2. The molecule has 0 aliphatic rings. The third kappa shape index (κ3) is 3.50. The second-order valence-corrected chi connectivity index (χ2v) is 8.56. The molecular formula is C21H17N3O5S. The highest BCUT2D eigenvalue weighted by Crippen LogP contribution is 2.25. The Balaban J connectivity index is 2.07. The SMILES string of the molecule is COc1ccc(-c2cc3cnc(S(C)(=O)=O)nc3n(-c3ccc(O)cc3)c2=O)cc1. The Morgan fingerprint density at radius 1 is 1.03 bits per heavy atom. The van der Waals surface area contributed by atoms with E-state index in [1.54, 1.807) is 49.6 Å². The minimum absolute atomic E-state index is 0.0360. The molecule has 2 heterocycles. The van der Waals surface area contributed by atoms with Crippen LogP contribution in [0.2, 0.25) is 0 Å². The highest BCUT2D eigenvalue weighted by Gasteiger charge is 2.18. The summed E-state index contributed by atoms with van der Waals surface area (Å²) in [6.45, 7) is 0. The zero-order chi connectivity index (χ0) is 21.5. The molecule has 0 saturated heterocycles. The number of ether oxygens (including phenoxy) is 1. The molecule has 4 aromatic rings. The van der Waals surface area contributed by atoms with Crippen LogP contribution in [0.3, 0.4) is 0 Å². The zero-order valence-corrected chi connectivity index (χ0v) is 16.9. The van der Waals surface area contributed by atoms with Crippen molar-refractivity contribution in [2.24, 2.45) is 0 Å². The lowest BCUT2D eigenvalue weighted by atomic mass is 10.1. The fraction of sp³-hybridized carbons (Fsp3) is 0.0952. The Bertz CT molecular complexity index is 1410. The van der Waals surface area contributed by atoms with Crippen molar-refractivity contribution in [1.29, 1.82) is 0 Å². The van der Waals surface area contributed by atoms with Gasteiger partial charge in [0.1, 0.15) is 11.5 Å². The molecule has 0 radical (unpaired) electrons. The van der Waals surface area contributed by atoms with Crippen molar-refractivity contribution < 1.29 is 18.3 Å². The molecule has 30 heavy (non-hydrogen) atoms. The van der Waals surface area contributed by atoms with Crippen LogP contribution in [-0.2, 0) is 9.84 Å². The number of pyridine rings is 1. The van der Waals surface area contributed by atoms with E-state index in [0.29, 0.717) is 28.0 Å². The van der Waals surface area contributed by atoms with Crippen molar-refractivity contribution in [3.8, 4) is 28.3 Å². The Morgan fingerprint density at radius 3 is 2.30 bits per heavy atom. The number of phenolic OH excluding ortho intramolecular Hbond substituents is 1. The van der Waals surface area contributed by atoms with Crippen LogP contribution >= 0.6 is 0 Å². The number of aromatic nitrogens is 3. The Kier molecular flexibility index (Phi) is 4.75. The van der Waals surface area contributed by atoms with Crippen LogP contribution < -0.4 is 10.3 Å². The molecule has 0 aliphatic carbocycles. The van der Waals surface area contributed by atoms with Crippen molar-refractivity contribution in [3.63, 3.8) is 0 Å². The fourth-order valence-corrected chi connectivity index (χ4v) is 3.58. The normalized spacial score (nSPS) is 11.5. The standard InChI is InChI=1S/C21H17N3O5S/c1-29-17-9-3-13(4-10-17)18-11-14-12-22-21(30(2,27)28)23-19(14)24(20(18)26)15-5-7-16(25)8-6-15/h3-12,25H,1-2H3. The molecule has 2 aromatic heterocycles. The molecule has 8 nitrogen and oxygen atoms in total. The molecule has 9 heteroatoms. The van der Waals surface area contributed by atoms with E-state index in [1.807, 2.05) is 0 Å². The van der Waals surface area contributed by atoms with E-state index < -0.39 is 15.4 Å².